The second-order valence-corrected chi connectivity index (χ2v) is 9.78. The molecule has 4 aromatic rings. The number of piperazine rings is 1. The van der Waals surface area contributed by atoms with Crippen LogP contribution in [0.2, 0.25) is 0 Å². The lowest BCUT2D eigenvalue weighted by molar-refractivity contribution is -0.193. The Bertz CT molecular complexity index is 1580. The van der Waals surface area contributed by atoms with E-state index in [-0.39, 0.29) is 6.04 Å². The topological polar surface area (TPSA) is 138 Å². The van der Waals surface area contributed by atoms with E-state index in [2.05, 4.69) is 56.7 Å². The minimum Gasteiger partial charge on any atom is -0.496 e. The lowest BCUT2D eigenvalue weighted by Gasteiger charge is -2.38. The van der Waals surface area contributed by atoms with Gasteiger partial charge < -0.3 is 14.9 Å². The zero-order valence-corrected chi connectivity index (χ0v) is 24.1. The molecule has 1 aliphatic heterocycles. The number of alkyl halides is 6. The molecule has 18 heteroatoms. The van der Waals surface area contributed by atoms with E-state index in [0.717, 1.165) is 54.3 Å². The molecule has 1 atom stereocenters. The molecule has 0 amide bonds. The van der Waals surface area contributed by atoms with Gasteiger partial charge in [0.25, 0.3) is 0 Å². The smallest absolute Gasteiger partial charge is 0.490 e. The van der Waals surface area contributed by atoms with Gasteiger partial charge in [0.15, 0.2) is 0 Å². The van der Waals surface area contributed by atoms with Gasteiger partial charge in [0.2, 0.25) is 0 Å². The van der Waals surface area contributed by atoms with Gasteiger partial charge in [-0.05, 0) is 19.2 Å². The van der Waals surface area contributed by atoms with Crippen LogP contribution in [0.1, 0.15) is 17.3 Å². The molecule has 0 spiro atoms. The number of carboxylic acid groups (broad SMARTS) is 2. The fourth-order valence-electron chi connectivity index (χ4n) is 4.37. The fourth-order valence-corrected chi connectivity index (χ4v) is 4.37. The third-order valence-corrected chi connectivity index (χ3v) is 6.56. The number of carbonyl (C=O) groups is 2. The van der Waals surface area contributed by atoms with E-state index >= 15 is 0 Å². The summed E-state index contributed by atoms with van der Waals surface area (Å²) in [6.07, 6.45) is -4.11. The molecule has 1 aliphatic rings. The van der Waals surface area contributed by atoms with Crippen molar-refractivity contribution in [1.29, 1.82) is 0 Å². The van der Waals surface area contributed by atoms with Crippen LogP contribution in [0.5, 0.6) is 5.75 Å². The second kappa shape index (κ2) is 14.4. The Labute approximate surface area is 252 Å². The summed E-state index contributed by atoms with van der Waals surface area (Å²) in [6, 6.07) is 12.5. The number of aromatic nitrogens is 5. The standard InChI is InChI=1S/C23H27N7O.2C2HF3O2/c1-27-10-11-29(14-17-12-24-28(2)13-17)16-21(27)23-20-9-8-18(15-30(20)26-25-23)19-6-4-5-7-22(19)31-3;2*3-2(4,5)1(6)7/h4-9,12-13,15,21H,10-11,14,16H2,1-3H3;2*(H,6,7). The summed E-state index contributed by atoms with van der Waals surface area (Å²) in [7, 11) is 5.82. The van der Waals surface area contributed by atoms with Crippen molar-refractivity contribution in [1.82, 2.24) is 34.4 Å². The molecule has 0 radical (unpaired) electrons. The molecule has 1 fully saturated rings. The number of aliphatic carboxylic acids is 2. The number of fused-ring (bicyclic) bond motifs is 1. The minimum atomic E-state index is -5.08. The Morgan fingerprint density at radius 2 is 1.58 bits per heavy atom. The largest absolute Gasteiger partial charge is 0.496 e. The number of nitrogens with zero attached hydrogens (tertiary/aromatic N) is 7. The molecule has 0 saturated carbocycles. The van der Waals surface area contributed by atoms with E-state index in [1.54, 1.807) is 7.11 Å². The minimum absolute atomic E-state index is 0.194. The third kappa shape index (κ3) is 9.39. The highest BCUT2D eigenvalue weighted by atomic mass is 19.4. The van der Waals surface area contributed by atoms with E-state index in [4.69, 9.17) is 24.5 Å². The Hall–Kier alpha value is -4.71. The highest BCUT2D eigenvalue weighted by Gasteiger charge is 2.39. The van der Waals surface area contributed by atoms with Gasteiger partial charge in [-0.25, -0.2) is 14.1 Å². The summed E-state index contributed by atoms with van der Waals surface area (Å²) >= 11 is 0. The van der Waals surface area contributed by atoms with Crippen molar-refractivity contribution < 1.29 is 50.9 Å². The first-order valence-corrected chi connectivity index (χ1v) is 13.0. The number of pyridine rings is 1. The second-order valence-electron chi connectivity index (χ2n) is 9.78. The fraction of sp³-hybridized carbons (Fsp3) is 0.370. The molecule has 45 heavy (non-hydrogen) atoms. The molecule has 1 saturated heterocycles. The number of rotatable bonds is 5. The van der Waals surface area contributed by atoms with Gasteiger partial charge in [0, 0.05) is 62.3 Å². The molecule has 12 nitrogen and oxygen atoms in total. The highest BCUT2D eigenvalue weighted by molar-refractivity contribution is 5.73. The lowest BCUT2D eigenvalue weighted by Crippen LogP contribution is -2.46. The van der Waals surface area contributed by atoms with E-state index in [0.29, 0.717) is 0 Å². The molecule has 0 aliphatic carbocycles. The van der Waals surface area contributed by atoms with Gasteiger partial charge in [-0.1, -0.05) is 29.5 Å². The normalized spacial score (nSPS) is 15.9. The van der Waals surface area contributed by atoms with E-state index in [1.807, 2.05) is 46.8 Å². The van der Waals surface area contributed by atoms with Crippen molar-refractivity contribution in [2.75, 3.05) is 33.8 Å². The average molecular weight is 646 g/mol. The summed E-state index contributed by atoms with van der Waals surface area (Å²) in [5, 5.41) is 27.6. The lowest BCUT2D eigenvalue weighted by atomic mass is 10.0. The Kier molecular flexibility index (Phi) is 11.1. The number of halogens is 6. The number of hydrogen-bond acceptors (Lipinski definition) is 8. The van der Waals surface area contributed by atoms with Crippen molar-refractivity contribution in [3.8, 4) is 16.9 Å². The first-order valence-electron chi connectivity index (χ1n) is 13.0. The zero-order chi connectivity index (χ0) is 33.5. The van der Waals surface area contributed by atoms with Crippen LogP contribution in [0.25, 0.3) is 16.6 Å². The number of aryl methyl sites for hydroxylation is 1. The third-order valence-electron chi connectivity index (χ3n) is 6.56. The van der Waals surface area contributed by atoms with Crippen LogP contribution in [0.15, 0.2) is 55.0 Å². The summed E-state index contributed by atoms with van der Waals surface area (Å²) in [4.78, 5) is 22.6. The van der Waals surface area contributed by atoms with Crippen LogP contribution in [-0.2, 0) is 23.2 Å². The van der Waals surface area contributed by atoms with Crippen LogP contribution >= 0.6 is 0 Å². The maximum absolute atomic E-state index is 10.6. The van der Waals surface area contributed by atoms with Gasteiger partial charge in [0.1, 0.15) is 11.4 Å². The Morgan fingerprint density at radius 1 is 0.956 bits per heavy atom. The zero-order valence-electron chi connectivity index (χ0n) is 24.1. The molecule has 1 unspecified atom stereocenters. The number of likely N-dealkylation sites (N-methyl/N-ethyl adjacent to an activating group) is 1. The van der Waals surface area contributed by atoms with Crippen molar-refractivity contribution in [3.05, 3.63) is 66.2 Å². The SMILES string of the molecule is COc1ccccc1-c1ccc2c(C3CN(Cc4cnn(C)c4)CCN3C)nnn2c1.O=C(O)C(F)(F)F.O=C(O)C(F)(F)F. The molecule has 5 rings (SSSR count). The maximum Gasteiger partial charge on any atom is 0.490 e. The number of methoxy groups -OCH3 is 1. The summed E-state index contributed by atoms with van der Waals surface area (Å²) < 4.78 is 72.7. The summed E-state index contributed by atoms with van der Waals surface area (Å²) in [5.74, 6) is -4.67. The van der Waals surface area contributed by atoms with Gasteiger partial charge in [-0.15, -0.1) is 5.10 Å². The average Bonchev–Trinajstić information content (AvgIpc) is 3.58. The molecular formula is C27H29F6N7O5. The van der Waals surface area contributed by atoms with Crippen LogP contribution in [0.3, 0.4) is 0 Å². The van der Waals surface area contributed by atoms with E-state index < -0.39 is 24.3 Å². The quantitative estimate of drug-likeness (QED) is 0.308. The van der Waals surface area contributed by atoms with E-state index in [1.165, 1.54) is 5.56 Å². The van der Waals surface area contributed by atoms with Gasteiger partial charge >= 0.3 is 24.3 Å². The molecule has 244 valence electrons. The molecule has 3 aromatic heterocycles. The molecule has 0 bridgehead atoms. The highest BCUT2D eigenvalue weighted by Crippen LogP contribution is 2.32. The maximum atomic E-state index is 10.6. The molecule has 2 N–H and O–H groups in total. The first kappa shape index (κ1) is 34.8. The first-order chi connectivity index (χ1) is 21.0. The van der Waals surface area contributed by atoms with Crippen LogP contribution in [0.4, 0.5) is 26.3 Å². The van der Waals surface area contributed by atoms with Crippen molar-refractivity contribution in [2.24, 2.45) is 7.05 Å². The number of para-hydroxylation sites is 1. The molecule has 1 aromatic carbocycles. The summed E-state index contributed by atoms with van der Waals surface area (Å²) in [6.45, 7) is 3.83. The molecular weight excluding hydrogens is 616 g/mol. The summed E-state index contributed by atoms with van der Waals surface area (Å²) in [5.41, 5.74) is 5.39. The van der Waals surface area contributed by atoms with E-state index in [9.17, 15) is 26.3 Å². The predicted octanol–water partition coefficient (Wildman–Crippen LogP) is 3.89. The Balaban J connectivity index is 0.000000331. The van der Waals surface area contributed by atoms with Crippen molar-refractivity contribution in [3.63, 3.8) is 0 Å². The van der Waals surface area contributed by atoms with Crippen molar-refractivity contribution >= 4 is 17.5 Å². The number of carboxylic acids is 2. The van der Waals surface area contributed by atoms with Crippen LogP contribution in [0, 0.1) is 0 Å². The molecule has 4 heterocycles. The Morgan fingerprint density at radius 3 is 2.13 bits per heavy atom. The van der Waals surface area contributed by atoms with Crippen LogP contribution < -0.4 is 4.74 Å². The number of hydrogen-bond donors (Lipinski definition) is 2. The van der Waals surface area contributed by atoms with Gasteiger partial charge in [0.05, 0.1) is 24.9 Å². The van der Waals surface area contributed by atoms with Crippen LogP contribution in [-0.4, -0.2) is 103 Å². The predicted molar refractivity (Wildman–Crippen MR) is 146 cm³/mol. The van der Waals surface area contributed by atoms with Crippen molar-refractivity contribution in [2.45, 2.75) is 24.9 Å². The van der Waals surface area contributed by atoms with Gasteiger partial charge in [-0.3, -0.25) is 14.5 Å². The van der Waals surface area contributed by atoms with Gasteiger partial charge in [-0.2, -0.15) is 31.4 Å². The number of ether oxygens (including phenoxy) is 1. The monoisotopic (exact) mass is 645 g/mol. The number of benzene rings is 1.